The van der Waals surface area contributed by atoms with Gasteiger partial charge in [-0.05, 0) is 25.0 Å². The zero-order valence-electron chi connectivity index (χ0n) is 14.2. The Morgan fingerprint density at radius 1 is 1.42 bits per heavy atom. The lowest BCUT2D eigenvalue weighted by Gasteiger charge is -2.13. The van der Waals surface area contributed by atoms with Crippen LogP contribution >= 0.6 is 0 Å². The number of hydrogen-bond acceptors (Lipinski definition) is 5. The molecule has 3 rings (SSSR count). The summed E-state index contributed by atoms with van der Waals surface area (Å²) in [5.41, 5.74) is 0.873. The van der Waals surface area contributed by atoms with Gasteiger partial charge >= 0.3 is 0 Å². The molecule has 0 aliphatic carbocycles. The summed E-state index contributed by atoms with van der Waals surface area (Å²) in [4.78, 5) is 18.2. The minimum Gasteiger partial charge on any atom is -0.494 e. The molecule has 1 aliphatic rings. The number of amides is 1. The summed E-state index contributed by atoms with van der Waals surface area (Å²) in [6.45, 7) is 6.06. The third-order valence-electron chi connectivity index (χ3n) is 4.20. The van der Waals surface area contributed by atoms with Gasteiger partial charge in [-0.25, -0.2) is 0 Å². The highest BCUT2D eigenvalue weighted by Crippen LogP contribution is 2.29. The van der Waals surface area contributed by atoms with Crippen molar-refractivity contribution in [1.29, 1.82) is 0 Å². The number of hydrogen-bond donors (Lipinski definition) is 0. The Balaban J connectivity index is 1.71. The molecule has 1 aromatic carbocycles. The van der Waals surface area contributed by atoms with Gasteiger partial charge in [-0.3, -0.25) is 4.79 Å². The first-order valence-electron chi connectivity index (χ1n) is 8.55. The summed E-state index contributed by atoms with van der Waals surface area (Å²) >= 11 is 0. The van der Waals surface area contributed by atoms with Crippen molar-refractivity contribution in [2.45, 2.75) is 39.0 Å². The van der Waals surface area contributed by atoms with Crippen molar-refractivity contribution in [2.75, 3.05) is 19.7 Å². The molecule has 6 nitrogen and oxygen atoms in total. The second kappa shape index (κ2) is 7.47. The fraction of sp³-hybridized carbons (Fsp3) is 0.500. The summed E-state index contributed by atoms with van der Waals surface area (Å²) in [6.07, 6.45) is 2.37. The average Bonchev–Trinajstić information content (AvgIpc) is 3.28. The van der Waals surface area contributed by atoms with Gasteiger partial charge in [-0.1, -0.05) is 31.1 Å². The summed E-state index contributed by atoms with van der Waals surface area (Å²) < 4.78 is 11.1. The van der Waals surface area contributed by atoms with Crippen LogP contribution in [-0.4, -0.2) is 40.6 Å². The molecule has 1 aliphatic heterocycles. The lowest BCUT2D eigenvalue weighted by molar-refractivity contribution is -0.129. The zero-order chi connectivity index (χ0) is 16.9. The van der Waals surface area contributed by atoms with Gasteiger partial charge in [-0.2, -0.15) is 4.98 Å². The Hall–Kier alpha value is -2.37. The van der Waals surface area contributed by atoms with Crippen molar-refractivity contribution in [2.24, 2.45) is 0 Å². The van der Waals surface area contributed by atoms with Crippen LogP contribution in [0, 0.1) is 0 Å². The minimum atomic E-state index is 0.126. The monoisotopic (exact) mass is 329 g/mol. The van der Waals surface area contributed by atoms with E-state index >= 15 is 0 Å². The molecule has 6 heteroatoms. The van der Waals surface area contributed by atoms with E-state index in [9.17, 15) is 4.79 Å². The van der Waals surface area contributed by atoms with E-state index < -0.39 is 0 Å². The van der Waals surface area contributed by atoms with Crippen LogP contribution in [0.4, 0.5) is 0 Å². The van der Waals surface area contributed by atoms with Crippen molar-refractivity contribution in [3.8, 4) is 17.1 Å². The number of benzene rings is 1. The lowest BCUT2D eigenvalue weighted by atomic mass is 10.1. The molecule has 0 bridgehead atoms. The van der Waals surface area contributed by atoms with Gasteiger partial charge in [0.25, 0.3) is 0 Å². The Labute approximate surface area is 141 Å². The van der Waals surface area contributed by atoms with Crippen LogP contribution in [0.1, 0.15) is 44.9 Å². The first-order valence-corrected chi connectivity index (χ1v) is 8.55. The van der Waals surface area contributed by atoms with E-state index in [0.29, 0.717) is 31.3 Å². The lowest BCUT2D eigenvalue weighted by Crippen LogP contribution is -2.27. The minimum absolute atomic E-state index is 0.126. The normalized spacial score (nSPS) is 17.2. The third-order valence-corrected chi connectivity index (χ3v) is 4.20. The molecule has 0 radical (unpaired) electrons. The van der Waals surface area contributed by atoms with E-state index in [4.69, 9.17) is 9.26 Å². The Bertz CT molecular complexity index is 698. The molecule has 2 heterocycles. The molecule has 2 aromatic rings. The SMILES string of the molecule is CCCOc1cccc(-c2noc([C@H]3CCN(C(=O)CC)C3)n2)c1. The topological polar surface area (TPSA) is 68.5 Å². The number of likely N-dealkylation sites (tertiary alicyclic amines) is 1. The molecule has 1 atom stereocenters. The number of ether oxygens (including phenoxy) is 1. The third kappa shape index (κ3) is 3.58. The zero-order valence-corrected chi connectivity index (χ0v) is 14.2. The molecular formula is C18H23N3O3. The predicted molar refractivity (Wildman–Crippen MR) is 89.7 cm³/mol. The molecule has 1 amide bonds. The van der Waals surface area contributed by atoms with Gasteiger partial charge in [0.1, 0.15) is 5.75 Å². The van der Waals surface area contributed by atoms with Crippen LogP contribution in [0.5, 0.6) is 5.75 Å². The number of rotatable bonds is 6. The highest BCUT2D eigenvalue weighted by molar-refractivity contribution is 5.76. The van der Waals surface area contributed by atoms with Gasteiger partial charge in [0.15, 0.2) is 0 Å². The second-order valence-electron chi connectivity index (χ2n) is 6.01. The second-order valence-corrected chi connectivity index (χ2v) is 6.01. The van der Waals surface area contributed by atoms with Crippen molar-refractivity contribution < 1.29 is 14.1 Å². The van der Waals surface area contributed by atoms with Gasteiger partial charge in [0, 0.05) is 25.1 Å². The molecule has 0 spiro atoms. The van der Waals surface area contributed by atoms with Crippen LogP contribution in [0.2, 0.25) is 0 Å². The summed E-state index contributed by atoms with van der Waals surface area (Å²) in [5, 5.41) is 4.10. The van der Waals surface area contributed by atoms with E-state index in [0.717, 1.165) is 30.7 Å². The number of aromatic nitrogens is 2. The van der Waals surface area contributed by atoms with Crippen LogP contribution in [-0.2, 0) is 4.79 Å². The molecule has 0 N–H and O–H groups in total. The summed E-state index contributed by atoms with van der Waals surface area (Å²) in [6, 6.07) is 7.71. The smallest absolute Gasteiger partial charge is 0.231 e. The van der Waals surface area contributed by atoms with Crippen molar-refractivity contribution in [3.05, 3.63) is 30.2 Å². The fourth-order valence-corrected chi connectivity index (χ4v) is 2.88. The molecule has 0 unspecified atom stereocenters. The first kappa shape index (κ1) is 16.5. The van der Waals surface area contributed by atoms with E-state index in [2.05, 4.69) is 17.1 Å². The molecule has 1 saturated heterocycles. The maximum atomic E-state index is 11.8. The average molecular weight is 329 g/mol. The largest absolute Gasteiger partial charge is 0.494 e. The predicted octanol–water partition coefficient (Wildman–Crippen LogP) is 3.25. The van der Waals surface area contributed by atoms with Gasteiger partial charge in [0.05, 0.1) is 12.5 Å². The van der Waals surface area contributed by atoms with Gasteiger partial charge in [0.2, 0.25) is 17.6 Å². The Morgan fingerprint density at radius 3 is 3.08 bits per heavy atom. The maximum Gasteiger partial charge on any atom is 0.231 e. The van der Waals surface area contributed by atoms with Crippen LogP contribution in [0.3, 0.4) is 0 Å². The Morgan fingerprint density at radius 2 is 2.29 bits per heavy atom. The number of carbonyl (C=O) groups is 1. The van der Waals surface area contributed by atoms with Crippen molar-refractivity contribution >= 4 is 5.91 Å². The van der Waals surface area contributed by atoms with Crippen molar-refractivity contribution in [3.63, 3.8) is 0 Å². The molecular weight excluding hydrogens is 306 g/mol. The molecule has 1 aromatic heterocycles. The van der Waals surface area contributed by atoms with Crippen LogP contribution in [0.15, 0.2) is 28.8 Å². The fourth-order valence-electron chi connectivity index (χ4n) is 2.88. The molecule has 24 heavy (non-hydrogen) atoms. The standard InChI is InChI=1S/C18H23N3O3/c1-3-10-23-15-7-5-6-13(11-15)17-19-18(24-20-17)14-8-9-21(12-14)16(22)4-2/h5-7,11,14H,3-4,8-10,12H2,1-2H3/t14-/m0/s1. The number of carbonyl (C=O) groups excluding carboxylic acids is 1. The molecule has 128 valence electrons. The molecule has 0 saturated carbocycles. The summed E-state index contributed by atoms with van der Waals surface area (Å²) in [5.74, 6) is 2.28. The molecule has 1 fully saturated rings. The first-order chi connectivity index (χ1) is 11.7. The highest BCUT2D eigenvalue weighted by atomic mass is 16.5. The summed E-state index contributed by atoms with van der Waals surface area (Å²) in [7, 11) is 0. The van der Waals surface area contributed by atoms with E-state index in [1.807, 2.05) is 36.1 Å². The Kier molecular flexibility index (Phi) is 5.13. The van der Waals surface area contributed by atoms with Gasteiger partial charge < -0.3 is 14.2 Å². The van der Waals surface area contributed by atoms with Crippen LogP contribution in [0.25, 0.3) is 11.4 Å². The maximum absolute atomic E-state index is 11.8. The van der Waals surface area contributed by atoms with Crippen molar-refractivity contribution in [1.82, 2.24) is 15.0 Å². The number of nitrogens with zero attached hydrogens (tertiary/aromatic N) is 3. The van der Waals surface area contributed by atoms with E-state index in [1.54, 1.807) is 0 Å². The quantitative estimate of drug-likeness (QED) is 0.814. The van der Waals surface area contributed by atoms with E-state index in [1.165, 1.54) is 0 Å². The highest BCUT2D eigenvalue weighted by Gasteiger charge is 2.30. The van der Waals surface area contributed by atoms with E-state index in [-0.39, 0.29) is 11.8 Å². The van der Waals surface area contributed by atoms with Gasteiger partial charge in [-0.15, -0.1) is 0 Å². The van der Waals surface area contributed by atoms with Crippen LogP contribution < -0.4 is 4.74 Å².